The number of nitrogens with one attached hydrogen (secondary N) is 3. The predicted octanol–water partition coefficient (Wildman–Crippen LogP) is -0.160. The number of phosphoric ester groups is 2. The molecule has 49 heavy (non-hydrogen) atoms. The van der Waals surface area contributed by atoms with Gasteiger partial charge < -0.3 is 49.6 Å². The van der Waals surface area contributed by atoms with Crippen molar-refractivity contribution in [3.63, 3.8) is 0 Å². The summed E-state index contributed by atoms with van der Waals surface area (Å²) in [6.07, 6.45) is 4.69. The van der Waals surface area contributed by atoms with E-state index < -0.39 is 15.6 Å². The van der Waals surface area contributed by atoms with Crippen molar-refractivity contribution in [2.24, 2.45) is 0 Å². The first-order chi connectivity index (χ1) is 23.4. The first-order valence-electron chi connectivity index (χ1n) is 16.4. The van der Waals surface area contributed by atoms with Crippen LogP contribution >= 0.6 is 27.4 Å². The van der Waals surface area contributed by atoms with Gasteiger partial charge >= 0.3 is 15.6 Å². The Kier molecular flexibility index (Phi) is 26.7. The zero-order chi connectivity index (χ0) is 36.2. The van der Waals surface area contributed by atoms with E-state index in [0.29, 0.717) is 51.7 Å². The smallest absolute Gasteiger partial charge is 0.382 e. The Balaban J connectivity index is 1.82. The Bertz CT molecular complexity index is 1020. The van der Waals surface area contributed by atoms with Crippen LogP contribution in [0.25, 0.3) is 0 Å². The Hall–Kier alpha value is -1.12. The molecule has 3 unspecified atom stereocenters. The monoisotopic (exact) mass is 765 g/mol. The number of carbonyl (C=O) groups excluding carboxylic acids is 3. The Morgan fingerprint density at radius 1 is 0.694 bits per heavy atom. The summed E-state index contributed by atoms with van der Waals surface area (Å²) in [5.74, 6) is 0.115. The number of unbranched alkanes of at least 4 members (excludes halogenated alkanes) is 3. The van der Waals surface area contributed by atoms with Gasteiger partial charge in [0.05, 0.1) is 71.3 Å². The molecule has 6 N–H and O–H groups in total. The minimum atomic E-state index is -4.41. The highest BCUT2D eigenvalue weighted by molar-refractivity contribution is 7.99. The summed E-state index contributed by atoms with van der Waals surface area (Å²) < 4.78 is 58.2. The van der Waals surface area contributed by atoms with Gasteiger partial charge in [-0.05, 0) is 25.7 Å². The van der Waals surface area contributed by atoms with Crippen LogP contribution in [0.4, 0.5) is 0 Å². The van der Waals surface area contributed by atoms with Crippen molar-refractivity contribution in [3.8, 4) is 0 Å². The summed E-state index contributed by atoms with van der Waals surface area (Å²) in [5, 5.41) is 8.16. The molecule has 3 amide bonds. The first kappa shape index (κ1) is 45.9. The normalized spacial score (nSPS) is 17.4. The van der Waals surface area contributed by atoms with Gasteiger partial charge in [-0.2, -0.15) is 11.8 Å². The molecular formula is C27H54BN3O15P2S. The third-order valence-electron chi connectivity index (χ3n) is 6.57. The molecule has 0 radical (unpaired) electrons. The Morgan fingerprint density at radius 3 is 1.98 bits per heavy atom. The highest BCUT2D eigenvalue weighted by Crippen LogP contribution is 2.43. The molecule has 1 aliphatic heterocycles. The van der Waals surface area contributed by atoms with Crippen LogP contribution < -0.4 is 16.0 Å². The van der Waals surface area contributed by atoms with E-state index in [-0.39, 0.29) is 88.0 Å². The maximum Gasteiger partial charge on any atom is 0.472 e. The van der Waals surface area contributed by atoms with Crippen LogP contribution in [0.3, 0.4) is 0 Å². The van der Waals surface area contributed by atoms with Crippen LogP contribution in [-0.2, 0) is 56.0 Å². The van der Waals surface area contributed by atoms with Gasteiger partial charge in [0.2, 0.25) is 17.7 Å². The number of hydrogen-bond donors (Lipinski definition) is 6. The molecule has 0 spiro atoms. The molecule has 1 fully saturated rings. The quantitative estimate of drug-likeness (QED) is 0.0296. The third kappa shape index (κ3) is 30.2. The van der Waals surface area contributed by atoms with Gasteiger partial charge in [-0.1, -0.05) is 12.8 Å². The van der Waals surface area contributed by atoms with Gasteiger partial charge in [0.25, 0.3) is 0 Å². The number of rotatable bonds is 32. The number of thioether (sulfide) groups is 1. The first-order valence-corrected chi connectivity index (χ1v) is 20.6. The fourth-order valence-corrected chi connectivity index (χ4v) is 5.97. The van der Waals surface area contributed by atoms with E-state index in [4.69, 9.17) is 37.8 Å². The molecule has 18 nitrogen and oxygen atoms in total. The molecule has 1 aliphatic rings. The van der Waals surface area contributed by atoms with Gasteiger partial charge in [-0.15, -0.1) is 0 Å². The van der Waals surface area contributed by atoms with Gasteiger partial charge in [-0.3, -0.25) is 28.0 Å². The molecule has 3 atom stereocenters. The standard InChI is InChI=1S/C27H54BN3O15P2S/c28-24-6-5-23(46-24)21-45-48(38,39)44-19-18-42-17-16-41-15-14-40-13-11-31-25(32)7-10-30-27(34)22-49-20-8-26(33)29-9-3-1-2-4-12-43-47(35,36)37/h23-24H,1-22,28H2,(H,29,33)(H,30,34)(H,31,32)(H,38,39)(H2,35,36,37). The average molecular weight is 766 g/mol. The maximum atomic E-state index is 11.9. The van der Waals surface area contributed by atoms with Crippen LogP contribution in [-0.4, -0.2) is 143 Å². The fraction of sp³-hybridized carbons (Fsp3) is 0.889. The molecule has 0 saturated carbocycles. The topological polar surface area (TPSA) is 247 Å². The van der Waals surface area contributed by atoms with E-state index in [9.17, 15) is 28.4 Å². The Labute approximate surface area is 293 Å². The van der Waals surface area contributed by atoms with Crippen molar-refractivity contribution in [1.82, 2.24) is 16.0 Å². The van der Waals surface area contributed by atoms with E-state index >= 15 is 0 Å². The predicted molar refractivity (Wildman–Crippen MR) is 183 cm³/mol. The lowest BCUT2D eigenvalue weighted by atomic mass is 9.97. The largest absolute Gasteiger partial charge is 0.472 e. The second kappa shape index (κ2) is 28.5. The van der Waals surface area contributed by atoms with E-state index in [0.717, 1.165) is 32.1 Å². The van der Waals surface area contributed by atoms with Crippen LogP contribution in [0.5, 0.6) is 0 Å². The summed E-state index contributed by atoms with van der Waals surface area (Å²) in [5.41, 5.74) is 0. The number of phosphoric acid groups is 2. The van der Waals surface area contributed by atoms with Crippen molar-refractivity contribution >= 4 is 53.0 Å². The van der Waals surface area contributed by atoms with E-state index in [2.05, 4.69) is 20.5 Å². The highest BCUT2D eigenvalue weighted by Gasteiger charge is 2.27. The summed E-state index contributed by atoms with van der Waals surface area (Å²) in [6, 6.07) is 0.124. The number of amides is 3. The van der Waals surface area contributed by atoms with Crippen LogP contribution in [0, 0.1) is 0 Å². The summed E-state index contributed by atoms with van der Waals surface area (Å²) in [7, 11) is -6.62. The molecule has 1 heterocycles. The van der Waals surface area contributed by atoms with E-state index in [1.807, 2.05) is 7.85 Å². The van der Waals surface area contributed by atoms with Crippen LogP contribution in [0.15, 0.2) is 0 Å². The lowest BCUT2D eigenvalue weighted by Gasteiger charge is -2.15. The lowest BCUT2D eigenvalue weighted by molar-refractivity contribution is -0.122. The molecule has 1 rings (SSSR count). The zero-order valence-electron chi connectivity index (χ0n) is 28.3. The SMILES string of the molecule is BC1CCC(COP(=O)(O)OCCOCCOCCOCCNC(=O)CCNC(=O)CSCCC(=O)NCCCCCCOP(=O)(O)O)O1. The second-order valence-electron chi connectivity index (χ2n) is 10.9. The Morgan fingerprint density at radius 2 is 1.31 bits per heavy atom. The molecule has 1 saturated heterocycles. The van der Waals surface area contributed by atoms with Gasteiger partial charge in [0.1, 0.15) is 7.85 Å². The molecule has 0 aromatic heterocycles. The van der Waals surface area contributed by atoms with Crippen LogP contribution in [0.1, 0.15) is 51.4 Å². The molecule has 0 bridgehead atoms. The van der Waals surface area contributed by atoms with E-state index in [1.165, 1.54) is 11.8 Å². The zero-order valence-corrected chi connectivity index (χ0v) is 30.9. The van der Waals surface area contributed by atoms with Crippen molar-refractivity contribution < 1.29 is 70.7 Å². The molecular weight excluding hydrogens is 711 g/mol. The summed E-state index contributed by atoms with van der Waals surface area (Å²) in [6.45, 7) is 2.54. The van der Waals surface area contributed by atoms with Gasteiger partial charge in [-0.25, -0.2) is 9.13 Å². The van der Waals surface area contributed by atoms with Crippen molar-refractivity contribution in [3.05, 3.63) is 0 Å². The average Bonchev–Trinajstić information content (AvgIpc) is 3.46. The number of carbonyl (C=O) groups is 3. The van der Waals surface area contributed by atoms with Crippen molar-refractivity contribution in [1.29, 1.82) is 0 Å². The second-order valence-corrected chi connectivity index (χ2v) is 14.7. The fourth-order valence-electron chi connectivity index (χ4n) is 4.10. The molecule has 0 aromatic carbocycles. The molecule has 286 valence electrons. The minimum absolute atomic E-state index is 0.00324. The number of hydrogen-bond acceptors (Lipinski definition) is 13. The van der Waals surface area contributed by atoms with Crippen molar-refractivity contribution in [2.75, 3.05) is 90.6 Å². The highest BCUT2D eigenvalue weighted by atomic mass is 32.2. The van der Waals surface area contributed by atoms with Gasteiger partial charge in [0.15, 0.2) is 0 Å². The lowest BCUT2D eigenvalue weighted by Crippen LogP contribution is -2.33. The van der Waals surface area contributed by atoms with Crippen LogP contribution in [0.2, 0.25) is 0 Å². The maximum absolute atomic E-state index is 11.9. The molecule has 0 aromatic rings. The molecule has 0 aliphatic carbocycles. The minimum Gasteiger partial charge on any atom is -0.382 e. The van der Waals surface area contributed by atoms with Crippen molar-refractivity contribution in [2.45, 2.75) is 63.5 Å². The summed E-state index contributed by atoms with van der Waals surface area (Å²) >= 11 is 1.32. The van der Waals surface area contributed by atoms with Gasteiger partial charge in [0, 0.05) is 44.2 Å². The summed E-state index contributed by atoms with van der Waals surface area (Å²) in [4.78, 5) is 62.6. The number of ether oxygens (including phenoxy) is 4. The third-order valence-corrected chi connectivity index (χ3v) is 9.03. The van der Waals surface area contributed by atoms with E-state index in [1.54, 1.807) is 0 Å². The molecule has 22 heteroatoms.